The molecule has 0 saturated heterocycles. The van der Waals surface area contributed by atoms with Crippen LogP contribution in [0, 0.1) is 23.7 Å². The van der Waals surface area contributed by atoms with Gasteiger partial charge < -0.3 is 15.8 Å². The van der Waals surface area contributed by atoms with Gasteiger partial charge in [0.1, 0.15) is 5.75 Å². The van der Waals surface area contributed by atoms with Crippen LogP contribution >= 0.6 is 0 Å². The van der Waals surface area contributed by atoms with Crippen LogP contribution in [-0.4, -0.2) is 31.6 Å². The van der Waals surface area contributed by atoms with Crippen molar-refractivity contribution in [2.45, 2.75) is 51.1 Å². The standard InChI is InChI=1S/C21H31N3O/c1-2-25-21-6-4-3-5-14(21)7-8-23-13-24-16-11-17-15-9-19(18(17)12-16)20(22)10-15/h3-6,13,15-20H,2,7-12,22H2,1H3,(H,23,24). The van der Waals surface area contributed by atoms with Crippen molar-refractivity contribution in [3.8, 4) is 5.75 Å². The van der Waals surface area contributed by atoms with Crippen molar-refractivity contribution in [1.29, 1.82) is 0 Å². The van der Waals surface area contributed by atoms with Gasteiger partial charge in [-0.2, -0.15) is 0 Å². The van der Waals surface area contributed by atoms with Gasteiger partial charge in [0.15, 0.2) is 0 Å². The van der Waals surface area contributed by atoms with E-state index in [0.717, 1.165) is 42.4 Å². The Balaban J connectivity index is 1.22. The Hall–Kier alpha value is -1.55. The second-order valence-electron chi connectivity index (χ2n) is 8.05. The minimum absolute atomic E-state index is 0.476. The molecule has 4 heteroatoms. The summed E-state index contributed by atoms with van der Waals surface area (Å²) in [5, 5.41) is 3.56. The summed E-state index contributed by atoms with van der Waals surface area (Å²) < 4.78 is 5.67. The summed E-state index contributed by atoms with van der Waals surface area (Å²) in [6.07, 6.45) is 8.14. The molecule has 0 aliphatic heterocycles. The van der Waals surface area contributed by atoms with Crippen LogP contribution < -0.4 is 15.8 Å². The fourth-order valence-electron chi connectivity index (χ4n) is 5.67. The first-order valence-electron chi connectivity index (χ1n) is 9.97. The maximum absolute atomic E-state index is 6.29. The van der Waals surface area contributed by atoms with Gasteiger partial charge in [0.05, 0.1) is 12.9 Å². The summed E-state index contributed by atoms with van der Waals surface area (Å²) in [7, 11) is 0. The van der Waals surface area contributed by atoms with Crippen LogP contribution in [0.1, 0.15) is 38.2 Å². The normalized spacial score (nSPS) is 36.1. The van der Waals surface area contributed by atoms with Crippen LogP contribution in [0.3, 0.4) is 0 Å². The largest absolute Gasteiger partial charge is 0.494 e. The SMILES string of the molecule is CCOc1ccccc1CCN=CNC1CC2C3CC(N)C(C3)C2C1. The maximum atomic E-state index is 6.29. The minimum atomic E-state index is 0.476. The highest BCUT2D eigenvalue weighted by atomic mass is 16.5. The first-order valence-corrected chi connectivity index (χ1v) is 9.97. The number of nitrogens with zero attached hydrogens (tertiary/aromatic N) is 1. The fraction of sp³-hybridized carbons (Fsp3) is 0.667. The molecule has 3 aliphatic rings. The van der Waals surface area contributed by atoms with Crippen molar-refractivity contribution < 1.29 is 4.74 Å². The zero-order valence-corrected chi connectivity index (χ0v) is 15.2. The molecule has 3 saturated carbocycles. The molecule has 6 atom stereocenters. The molecule has 3 N–H and O–H groups in total. The molecule has 6 unspecified atom stereocenters. The molecule has 2 bridgehead atoms. The molecule has 0 aromatic heterocycles. The van der Waals surface area contributed by atoms with Gasteiger partial charge in [-0.25, -0.2) is 0 Å². The summed E-state index contributed by atoms with van der Waals surface area (Å²) in [4.78, 5) is 4.58. The van der Waals surface area contributed by atoms with E-state index in [1.165, 1.54) is 31.2 Å². The quantitative estimate of drug-likeness (QED) is 0.592. The average Bonchev–Trinajstić information content (AvgIpc) is 3.27. The van der Waals surface area contributed by atoms with Crippen LogP contribution in [0.5, 0.6) is 5.75 Å². The van der Waals surface area contributed by atoms with E-state index >= 15 is 0 Å². The Morgan fingerprint density at radius 1 is 1.16 bits per heavy atom. The minimum Gasteiger partial charge on any atom is -0.494 e. The van der Waals surface area contributed by atoms with Crippen molar-refractivity contribution in [2.75, 3.05) is 13.2 Å². The third-order valence-electron chi connectivity index (χ3n) is 6.70. The highest BCUT2D eigenvalue weighted by Gasteiger charge is 2.54. The average molecular weight is 341 g/mol. The first-order chi connectivity index (χ1) is 12.3. The van der Waals surface area contributed by atoms with Gasteiger partial charge in [-0.05, 0) is 74.3 Å². The van der Waals surface area contributed by atoms with E-state index in [-0.39, 0.29) is 0 Å². The third kappa shape index (κ3) is 3.41. The maximum Gasteiger partial charge on any atom is 0.122 e. The zero-order chi connectivity index (χ0) is 17.2. The molecule has 136 valence electrons. The van der Waals surface area contributed by atoms with E-state index in [9.17, 15) is 0 Å². The molecular weight excluding hydrogens is 310 g/mol. The van der Waals surface area contributed by atoms with E-state index in [4.69, 9.17) is 10.5 Å². The van der Waals surface area contributed by atoms with Gasteiger partial charge in [0.25, 0.3) is 0 Å². The second kappa shape index (κ2) is 7.36. The lowest BCUT2D eigenvalue weighted by Gasteiger charge is -2.28. The summed E-state index contributed by atoms with van der Waals surface area (Å²) in [5.41, 5.74) is 7.53. The molecular formula is C21H31N3O. The highest BCUT2D eigenvalue weighted by molar-refractivity contribution is 5.55. The van der Waals surface area contributed by atoms with Crippen LogP contribution in [0.4, 0.5) is 0 Å². The number of nitrogens with one attached hydrogen (secondary N) is 1. The number of benzene rings is 1. The van der Waals surface area contributed by atoms with E-state index in [0.29, 0.717) is 18.7 Å². The van der Waals surface area contributed by atoms with Crippen molar-refractivity contribution in [2.24, 2.45) is 34.4 Å². The fourth-order valence-corrected chi connectivity index (χ4v) is 5.67. The smallest absolute Gasteiger partial charge is 0.122 e. The number of hydrogen-bond donors (Lipinski definition) is 2. The Labute approximate surface area is 151 Å². The molecule has 3 aliphatic carbocycles. The molecule has 0 radical (unpaired) electrons. The molecule has 1 aromatic carbocycles. The van der Waals surface area contributed by atoms with Crippen LogP contribution in [-0.2, 0) is 6.42 Å². The van der Waals surface area contributed by atoms with E-state index < -0.39 is 0 Å². The topological polar surface area (TPSA) is 59.6 Å². The number of fused-ring (bicyclic) bond motifs is 5. The summed E-state index contributed by atoms with van der Waals surface area (Å²) >= 11 is 0. The molecule has 3 fully saturated rings. The number of ether oxygens (including phenoxy) is 1. The number of hydrogen-bond acceptors (Lipinski definition) is 3. The predicted octanol–water partition coefficient (Wildman–Crippen LogP) is 3.01. The third-order valence-corrected chi connectivity index (χ3v) is 6.70. The van der Waals surface area contributed by atoms with Crippen molar-refractivity contribution in [3.05, 3.63) is 29.8 Å². The molecule has 1 aromatic rings. The van der Waals surface area contributed by atoms with E-state index in [2.05, 4.69) is 22.4 Å². The monoisotopic (exact) mass is 341 g/mol. The number of nitrogens with two attached hydrogens (primary N) is 1. The van der Waals surface area contributed by atoms with E-state index in [1.807, 2.05) is 25.4 Å². The molecule has 0 heterocycles. The molecule has 4 nitrogen and oxygen atoms in total. The van der Waals surface area contributed by atoms with Gasteiger partial charge in [-0.15, -0.1) is 0 Å². The molecule has 0 amide bonds. The molecule has 4 rings (SSSR count). The Bertz CT molecular complexity index is 617. The number of rotatable bonds is 7. The number of para-hydroxylation sites is 1. The van der Waals surface area contributed by atoms with Crippen molar-refractivity contribution in [1.82, 2.24) is 5.32 Å². The lowest BCUT2D eigenvalue weighted by Crippen LogP contribution is -2.34. The highest BCUT2D eigenvalue weighted by Crippen LogP contribution is 2.58. The Morgan fingerprint density at radius 2 is 2.00 bits per heavy atom. The summed E-state index contributed by atoms with van der Waals surface area (Å²) in [6, 6.07) is 9.34. The lowest BCUT2D eigenvalue weighted by atomic mass is 9.79. The number of aliphatic imine (C=N–C) groups is 1. The zero-order valence-electron chi connectivity index (χ0n) is 15.2. The van der Waals surface area contributed by atoms with Gasteiger partial charge >= 0.3 is 0 Å². The molecule has 25 heavy (non-hydrogen) atoms. The van der Waals surface area contributed by atoms with Gasteiger partial charge in [-0.1, -0.05) is 18.2 Å². The predicted molar refractivity (Wildman–Crippen MR) is 102 cm³/mol. The second-order valence-corrected chi connectivity index (χ2v) is 8.05. The van der Waals surface area contributed by atoms with Crippen LogP contribution in [0.15, 0.2) is 29.3 Å². The van der Waals surface area contributed by atoms with Crippen molar-refractivity contribution in [3.63, 3.8) is 0 Å². The van der Waals surface area contributed by atoms with Crippen LogP contribution in [0.2, 0.25) is 0 Å². The van der Waals surface area contributed by atoms with Gasteiger partial charge in [-0.3, -0.25) is 4.99 Å². The van der Waals surface area contributed by atoms with Gasteiger partial charge in [0, 0.05) is 18.6 Å². The van der Waals surface area contributed by atoms with Crippen LogP contribution in [0.25, 0.3) is 0 Å². The molecule has 0 spiro atoms. The van der Waals surface area contributed by atoms with Crippen molar-refractivity contribution >= 4 is 6.34 Å². The Kier molecular flexibility index (Phi) is 4.98. The lowest BCUT2D eigenvalue weighted by molar-refractivity contribution is 0.234. The van der Waals surface area contributed by atoms with Gasteiger partial charge in [0.2, 0.25) is 0 Å². The Morgan fingerprint density at radius 3 is 2.88 bits per heavy atom. The summed E-state index contributed by atoms with van der Waals surface area (Å²) in [5.74, 6) is 4.49. The summed E-state index contributed by atoms with van der Waals surface area (Å²) in [6.45, 7) is 3.53. The first kappa shape index (κ1) is 16.9. The van der Waals surface area contributed by atoms with E-state index in [1.54, 1.807) is 0 Å².